The molecule has 1 aromatic carbocycles. The number of nitrogens with zero attached hydrogens (tertiary/aromatic N) is 1. The molecule has 2 aliphatic rings. The second kappa shape index (κ2) is 10.7. The summed E-state index contributed by atoms with van der Waals surface area (Å²) >= 11 is 0. The zero-order valence-electron chi connectivity index (χ0n) is 16.0. The molecule has 1 aliphatic carbocycles. The number of ether oxygens (including phenoxy) is 1. The van der Waals surface area contributed by atoms with Gasteiger partial charge in [0.2, 0.25) is 5.91 Å². The first-order valence-electron chi connectivity index (χ1n) is 10.4. The Bertz CT molecular complexity index is 549. The van der Waals surface area contributed by atoms with Crippen LogP contribution in [0.15, 0.2) is 24.3 Å². The molecule has 0 bridgehead atoms. The molecule has 0 atom stereocenters. The molecule has 0 spiro atoms. The van der Waals surface area contributed by atoms with E-state index in [0.29, 0.717) is 13.0 Å². The van der Waals surface area contributed by atoms with Crippen molar-refractivity contribution in [3.63, 3.8) is 0 Å². The Kier molecular flexibility index (Phi) is 7.96. The average Bonchev–Trinajstić information content (AvgIpc) is 2.69. The molecule has 4 nitrogen and oxygen atoms in total. The lowest BCUT2D eigenvalue weighted by molar-refractivity contribution is -0.121. The summed E-state index contributed by atoms with van der Waals surface area (Å²) in [5.74, 6) is 1.06. The van der Waals surface area contributed by atoms with Gasteiger partial charge >= 0.3 is 0 Å². The lowest BCUT2D eigenvalue weighted by Crippen LogP contribution is -2.36. The van der Waals surface area contributed by atoms with Crippen molar-refractivity contribution in [3.05, 3.63) is 35.4 Å². The fourth-order valence-electron chi connectivity index (χ4n) is 4.19. The summed E-state index contributed by atoms with van der Waals surface area (Å²) in [5, 5.41) is 3.13. The van der Waals surface area contributed by atoms with E-state index < -0.39 is 0 Å². The Morgan fingerprint density at radius 2 is 1.81 bits per heavy atom. The molecule has 144 valence electrons. The van der Waals surface area contributed by atoms with Gasteiger partial charge in [-0.25, -0.2) is 0 Å². The molecule has 1 saturated carbocycles. The summed E-state index contributed by atoms with van der Waals surface area (Å²) in [4.78, 5) is 14.6. The third kappa shape index (κ3) is 6.40. The summed E-state index contributed by atoms with van der Waals surface area (Å²) in [5.41, 5.74) is 2.55. The third-order valence-corrected chi connectivity index (χ3v) is 5.83. The maximum Gasteiger partial charge on any atom is 0.220 e. The number of nitrogens with one attached hydrogen (secondary N) is 1. The number of morpholine rings is 1. The molecular weight excluding hydrogens is 324 g/mol. The van der Waals surface area contributed by atoms with Gasteiger partial charge < -0.3 is 10.1 Å². The lowest BCUT2D eigenvalue weighted by atomic mass is 9.86. The van der Waals surface area contributed by atoms with Gasteiger partial charge in [0.15, 0.2) is 0 Å². The van der Waals surface area contributed by atoms with E-state index in [1.165, 1.54) is 49.7 Å². The van der Waals surface area contributed by atoms with Gasteiger partial charge in [-0.05, 0) is 29.9 Å². The normalized spacial score (nSPS) is 19.4. The van der Waals surface area contributed by atoms with E-state index in [2.05, 4.69) is 34.5 Å². The van der Waals surface area contributed by atoms with Gasteiger partial charge in [0.1, 0.15) is 0 Å². The topological polar surface area (TPSA) is 41.6 Å². The zero-order chi connectivity index (χ0) is 18.0. The number of benzene rings is 1. The van der Waals surface area contributed by atoms with Crippen LogP contribution in [0.5, 0.6) is 0 Å². The number of hydrogen-bond acceptors (Lipinski definition) is 3. The molecule has 1 amide bonds. The fraction of sp³-hybridized carbons (Fsp3) is 0.682. The highest BCUT2D eigenvalue weighted by atomic mass is 16.5. The van der Waals surface area contributed by atoms with Gasteiger partial charge in [0.05, 0.1) is 13.2 Å². The lowest BCUT2D eigenvalue weighted by Gasteiger charge is -2.27. The molecule has 26 heavy (non-hydrogen) atoms. The monoisotopic (exact) mass is 358 g/mol. The summed E-state index contributed by atoms with van der Waals surface area (Å²) < 4.78 is 5.43. The van der Waals surface area contributed by atoms with Gasteiger partial charge in [-0.1, -0.05) is 56.4 Å². The van der Waals surface area contributed by atoms with Crippen molar-refractivity contribution in [1.82, 2.24) is 10.2 Å². The summed E-state index contributed by atoms with van der Waals surface area (Å²) in [7, 11) is 0. The van der Waals surface area contributed by atoms with Crippen molar-refractivity contribution < 1.29 is 9.53 Å². The maximum absolute atomic E-state index is 12.2. The maximum atomic E-state index is 12.2. The SMILES string of the molecule is O=C(CCCC1CCCCC1)NCc1ccccc1CN1CCOCC1. The van der Waals surface area contributed by atoms with E-state index in [9.17, 15) is 4.79 Å². The smallest absolute Gasteiger partial charge is 0.220 e. The Morgan fingerprint density at radius 3 is 2.58 bits per heavy atom. The van der Waals surface area contributed by atoms with Crippen LogP contribution in [0.4, 0.5) is 0 Å². The molecule has 1 heterocycles. The number of carbonyl (C=O) groups excluding carboxylic acids is 1. The second-order valence-corrected chi connectivity index (χ2v) is 7.83. The predicted molar refractivity (Wildman–Crippen MR) is 105 cm³/mol. The Labute approximate surface area is 158 Å². The molecule has 0 unspecified atom stereocenters. The molecule has 0 aromatic heterocycles. The van der Waals surface area contributed by atoms with Crippen LogP contribution in [0, 0.1) is 5.92 Å². The van der Waals surface area contributed by atoms with E-state index >= 15 is 0 Å². The Morgan fingerprint density at radius 1 is 1.08 bits per heavy atom. The summed E-state index contributed by atoms with van der Waals surface area (Å²) in [6, 6.07) is 8.47. The first kappa shape index (κ1) is 19.4. The number of amides is 1. The summed E-state index contributed by atoms with van der Waals surface area (Å²) in [6.45, 7) is 5.20. The van der Waals surface area contributed by atoms with Gasteiger partial charge in [0, 0.05) is 32.6 Å². The van der Waals surface area contributed by atoms with Gasteiger partial charge in [-0.15, -0.1) is 0 Å². The van der Waals surface area contributed by atoms with Crippen LogP contribution in [0.2, 0.25) is 0 Å². The first-order valence-corrected chi connectivity index (χ1v) is 10.4. The highest BCUT2D eigenvalue weighted by molar-refractivity contribution is 5.75. The minimum atomic E-state index is 0.196. The molecule has 1 N–H and O–H groups in total. The van der Waals surface area contributed by atoms with E-state index in [0.717, 1.165) is 45.2 Å². The molecule has 2 fully saturated rings. The van der Waals surface area contributed by atoms with Gasteiger partial charge in [-0.3, -0.25) is 9.69 Å². The van der Waals surface area contributed by atoms with Crippen LogP contribution in [-0.4, -0.2) is 37.1 Å². The molecule has 4 heteroatoms. The average molecular weight is 359 g/mol. The quantitative estimate of drug-likeness (QED) is 0.767. The van der Waals surface area contributed by atoms with Crippen LogP contribution in [0.3, 0.4) is 0 Å². The molecule has 1 aromatic rings. The summed E-state index contributed by atoms with van der Waals surface area (Å²) in [6.07, 6.45) is 9.84. The molecule has 1 saturated heterocycles. The van der Waals surface area contributed by atoms with Crippen molar-refractivity contribution in [2.24, 2.45) is 5.92 Å². The minimum Gasteiger partial charge on any atom is -0.379 e. The van der Waals surface area contributed by atoms with Gasteiger partial charge in [0.25, 0.3) is 0 Å². The Hall–Kier alpha value is -1.39. The molecule has 3 rings (SSSR count). The van der Waals surface area contributed by atoms with E-state index in [-0.39, 0.29) is 5.91 Å². The van der Waals surface area contributed by atoms with Crippen molar-refractivity contribution in [2.45, 2.75) is 64.5 Å². The molecular formula is C22H34N2O2. The standard InChI is InChI=1S/C22H34N2O2/c25-22(12-6-9-19-7-2-1-3-8-19)23-17-20-10-4-5-11-21(20)18-24-13-15-26-16-14-24/h4-5,10-11,19H,1-3,6-9,12-18H2,(H,23,25). The minimum absolute atomic E-state index is 0.196. The van der Waals surface area contributed by atoms with E-state index in [4.69, 9.17) is 4.74 Å². The highest BCUT2D eigenvalue weighted by Crippen LogP contribution is 2.27. The third-order valence-electron chi connectivity index (χ3n) is 5.83. The zero-order valence-corrected chi connectivity index (χ0v) is 16.0. The van der Waals surface area contributed by atoms with Crippen molar-refractivity contribution in [3.8, 4) is 0 Å². The largest absolute Gasteiger partial charge is 0.379 e. The van der Waals surface area contributed by atoms with E-state index in [1.807, 2.05) is 0 Å². The fourth-order valence-corrected chi connectivity index (χ4v) is 4.19. The number of rotatable bonds is 8. The van der Waals surface area contributed by atoms with E-state index in [1.54, 1.807) is 0 Å². The predicted octanol–water partition coefficient (Wildman–Crippen LogP) is 3.89. The van der Waals surface area contributed by atoms with Crippen LogP contribution >= 0.6 is 0 Å². The van der Waals surface area contributed by atoms with Crippen molar-refractivity contribution in [2.75, 3.05) is 26.3 Å². The molecule has 0 radical (unpaired) electrons. The molecule has 1 aliphatic heterocycles. The van der Waals surface area contributed by atoms with Gasteiger partial charge in [-0.2, -0.15) is 0 Å². The first-order chi connectivity index (χ1) is 12.8. The number of hydrogen-bond donors (Lipinski definition) is 1. The second-order valence-electron chi connectivity index (χ2n) is 7.83. The van der Waals surface area contributed by atoms with Crippen LogP contribution < -0.4 is 5.32 Å². The van der Waals surface area contributed by atoms with Crippen LogP contribution in [0.25, 0.3) is 0 Å². The van der Waals surface area contributed by atoms with Crippen molar-refractivity contribution >= 4 is 5.91 Å². The number of carbonyl (C=O) groups is 1. The highest BCUT2D eigenvalue weighted by Gasteiger charge is 2.15. The van der Waals surface area contributed by atoms with Crippen LogP contribution in [-0.2, 0) is 22.6 Å². The van der Waals surface area contributed by atoms with Crippen molar-refractivity contribution in [1.29, 1.82) is 0 Å². The van der Waals surface area contributed by atoms with Crippen LogP contribution in [0.1, 0.15) is 62.5 Å². The Balaban J connectivity index is 1.39.